The third-order valence-electron chi connectivity index (χ3n) is 2.20. The van der Waals surface area contributed by atoms with Crippen molar-refractivity contribution in [3.8, 4) is 0 Å². The van der Waals surface area contributed by atoms with Crippen LogP contribution in [0.2, 0.25) is 0 Å². The van der Waals surface area contributed by atoms with E-state index in [9.17, 15) is 14.4 Å². The lowest BCUT2D eigenvalue weighted by Gasteiger charge is -2.05. The van der Waals surface area contributed by atoms with Crippen LogP contribution in [-0.4, -0.2) is 42.2 Å². The van der Waals surface area contributed by atoms with Gasteiger partial charge in [-0.05, 0) is 30.5 Å². The molecule has 3 N–H and O–H groups in total. The van der Waals surface area contributed by atoms with E-state index in [2.05, 4.69) is 10.6 Å². The number of rotatable bonds is 6. The van der Waals surface area contributed by atoms with Crippen molar-refractivity contribution >= 4 is 29.5 Å². The number of carboxylic acid groups (broad SMARTS) is 1. The highest BCUT2D eigenvalue weighted by molar-refractivity contribution is 7.98. The van der Waals surface area contributed by atoms with Gasteiger partial charge in [-0.1, -0.05) is 0 Å². The van der Waals surface area contributed by atoms with Gasteiger partial charge in [0.1, 0.15) is 6.54 Å². The lowest BCUT2D eigenvalue weighted by atomic mass is 10.2. The van der Waals surface area contributed by atoms with Gasteiger partial charge in [0.05, 0.1) is 6.54 Å². The highest BCUT2D eigenvalue weighted by atomic mass is 32.2. The van der Waals surface area contributed by atoms with Gasteiger partial charge in [0.25, 0.3) is 5.91 Å². The highest BCUT2D eigenvalue weighted by Crippen LogP contribution is 2.14. The Balaban J connectivity index is 2.42. The van der Waals surface area contributed by atoms with Gasteiger partial charge in [-0.25, -0.2) is 0 Å². The molecule has 0 aliphatic carbocycles. The largest absolute Gasteiger partial charge is 0.480 e. The minimum absolute atomic E-state index is 0.254. The molecular formula is C12H14N2O4S. The van der Waals surface area contributed by atoms with Crippen LogP contribution < -0.4 is 10.6 Å². The summed E-state index contributed by atoms with van der Waals surface area (Å²) in [6.07, 6.45) is 1.93. The zero-order valence-electron chi connectivity index (χ0n) is 10.3. The van der Waals surface area contributed by atoms with E-state index in [1.165, 1.54) is 0 Å². The molecule has 0 fully saturated rings. The maximum Gasteiger partial charge on any atom is 0.322 e. The van der Waals surface area contributed by atoms with Gasteiger partial charge in [0.2, 0.25) is 5.91 Å². The SMILES string of the molecule is CSc1ccc(C(=O)NCC(=O)NCC(=O)O)cc1. The monoisotopic (exact) mass is 282 g/mol. The maximum absolute atomic E-state index is 11.7. The predicted octanol–water partition coefficient (Wildman–Crippen LogP) is 0.339. The molecular weight excluding hydrogens is 268 g/mol. The summed E-state index contributed by atoms with van der Waals surface area (Å²) in [4.78, 5) is 34.1. The Kier molecular flexibility index (Phi) is 5.87. The number of amides is 2. The lowest BCUT2D eigenvalue weighted by Crippen LogP contribution is -2.38. The fourth-order valence-electron chi connectivity index (χ4n) is 1.24. The van der Waals surface area contributed by atoms with Crippen LogP contribution in [0.3, 0.4) is 0 Å². The highest BCUT2D eigenvalue weighted by Gasteiger charge is 2.08. The molecule has 0 saturated carbocycles. The van der Waals surface area contributed by atoms with E-state index >= 15 is 0 Å². The molecule has 1 aromatic carbocycles. The number of carboxylic acids is 1. The van der Waals surface area contributed by atoms with E-state index in [1.807, 2.05) is 18.4 Å². The van der Waals surface area contributed by atoms with Crippen LogP contribution in [0.1, 0.15) is 10.4 Å². The number of aliphatic carboxylic acids is 1. The third-order valence-corrected chi connectivity index (χ3v) is 2.94. The van der Waals surface area contributed by atoms with Crippen LogP contribution in [0, 0.1) is 0 Å². The number of nitrogens with one attached hydrogen (secondary N) is 2. The summed E-state index contributed by atoms with van der Waals surface area (Å²) in [5, 5.41) is 12.9. The van der Waals surface area contributed by atoms with Crippen molar-refractivity contribution in [2.24, 2.45) is 0 Å². The summed E-state index contributed by atoms with van der Waals surface area (Å²) in [6, 6.07) is 6.95. The summed E-state index contributed by atoms with van der Waals surface area (Å²) >= 11 is 1.57. The Morgan fingerprint density at radius 1 is 1.11 bits per heavy atom. The topological polar surface area (TPSA) is 95.5 Å². The van der Waals surface area contributed by atoms with E-state index < -0.39 is 18.4 Å². The minimum atomic E-state index is -1.13. The van der Waals surface area contributed by atoms with E-state index in [-0.39, 0.29) is 12.5 Å². The number of hydrogen-bond acceptors (Lipinski definition) is 4. The maximum atomic E-state index is 11.7. The average molecular weight is 282 g/mol. The Morgan fingerprint density at radius 2 is 1.74 bits per heavy atom. The summed E-state index contributed by atoms with van der Waals surface area (Å²) in [5.41, 5.74) is 0.448. The Morgan fingerprint density at radius 3 is 2.26 bits per heavy atom. The smallest absolute Gasteiger partial charge is 0.322 e. The van der Waals surface area contributed by atoms with E-state index in [1.54, 1.807) is 23.9 Å². The molecule has 0 bridgehead atoms. The van der Waals surface area contributed by atoms with Gasteiger partial charge >= 0.3 is 5.97 Å². The second-order valence-electron chi connectivity index (χ2n) is 3.58. The molecule has 0 aliphatic rings. The molecule has 0 atom stereocenters. The van der Waals surface area contributed by atoms with Crippen LogP contribution in [0.15, 0.2) is 29.2 Å². The van der Waals surface area contributed by atoms with Crippen molar-refractivity contribution in [1.29, 1.82) is 0 Å². The zero-order chi connectivity index (χ0) is 14.3. The van der Waals surface area contributed by atoms with Crippen LogP contribution >= 0.6 is 11.8 Å². The second-order valence-corrected chi connectivity index (χ2v) is 4.46. The molecule has 2 amide bonds. The molecule has 0 saturated heterocycles. The Labute approximate surface area is 114 Å². The summed E-state index contributed by atoms with van der Waals surface area (Å²) in [6.45, 7) is -0.715. The quantitative estimate of drug-likeness (QED) is 0.654. The molecule has 0 aliphatic heterocycles. The molecule has 19 heavy (non-hydrogen) atoms. The molecule has 7 heteroatoms. The summed E-state index contributed by atoms with van der Waals surface area (Å²) < 4.78 is 0. The third kappa shape index (κ3) is 5.43. The van der Waals surface area contributed by atoms with Gasteiger partial charge in [0, 0.05) is 10.5 Å². The van der Waals surface area contributed by atoms with Crippen molar-refractivity contribution in [2.75, 3.05) is 19.3 Å². The van der Waals surface area contributed by atoms with E-state index in [0.29, 0.717) is 5.56 Å². The van der Waals surface area contributed by atoms with Gasteiger partial charge in [-0.3, -0.25) is 14.4 Å². The first-order valence-corrected chi connectivity index (χ1v) is 6.66. The Hall–Kier alpha value is -2.02. The molecule has 0 heterocycles. The lowest BCUT2D eigenvalue weighted by molar-refractivity contribution is -0.137. The van der Waals surface area contributed by atoms with Crippen molar-refractivity contribution in [3.05, 3.63) is 29.8 Å². The van der Waals surface area contributed by atoms with Gasteiger partial charge in [0.15, 0.2) is 0 Å². The molecule has 102 valence electrons. The van der Waals surface area contributed by atoms with Crippen molar-refractivity contribution in [2.45, 2.75) is 4.90 Å². The average Bonchev–Trinajstić information content (AvgIpc) is 2.42. The van der Waals surface area contributed by atoms with Crippen LogP contribution in [0.5, 0.6) is 0 Å². The standard InChI is InChI=1S/C12H14N2O4S/c1-19-9-4-2-8(3-5-9)12(18)14-6-10(15)13-7-11(16)17/h2-5H,6-7H2,1H3,(H,13,15)(H,14,18)(H,16,17). The molecule has 0 spiro atoms. The number of benzene rings is 1. The predicted molar refractivity (Wildman–Crippen MR) is 71.2 cm³/mol. The number of carbonyl (C=O) groups is 3. The normalized spacial score (nSPS) is 9.74. The zero-order valence-corrected chi connectivity index (χ0v) is 11.1. The minimum Gasteiger partial charge on any atom is -0.480 e. The molecule has 6 nitrogen and oxygen atoms in total. The number of carbonyl (C=O) groups excluding carboxylic acids is 2. The molecule has 0 unspecified atom stereocenters. The fraction of sp³-hybridized carbons (Fsp3) is 0.250. The first-order chi connectivity index (χ1) is 9.02. The first-order valence-electron chi connectivity index (χ1n) is 5.43. The summed E-state index contributed by atoms with van der Waals surface area (Å²) in [7, 11) is 0. The van der Waals surface area contributed by atoms with Crippen LogP contribution in [0.4, 0.5) is 0 Å². The summed E-state index contributed by atoms with van der Waals surface area (Å²) in [5.74, 6) is -2.05. The van der Waals surface area contributed by atoms with Crippen molar-refractivity contribution in [3.63, 3.8) is 0 Å². The Bertz CT molecular complexity index is 473. The number of thioether (sulfide) groups is 1. The molecule has 0 radical (unpaired) electrons. The molecule has 0 aromatic heterocycles. The first kappa shape index (κ1) is 15.0. The van der Waals surface area contributed by atoms with Crippen molar-refractivity contribution in [1.82, 2.24) is 10.6 Å². The van der Waals surface area contributed by atoms with Gasteiger partial charge in [-0.15, -0.1) is 11.8 Å². The molecule has 1 aromatic rings. The van der Waals surface area contributed by atoms with Gasteiger partial charge in [-0.2, -0.15) is 0 Å². The van der Waals surface area contributed by atoms with Gasteiger partial charge < -0.3 is 15.7 Å². The van der Waals surface area contributed by atoms with Crippen molar-refractivity contribution < 1.29 is 19.5 Å². The van der Waals surface area contributed by atoms with E-state index in [0.717, 1.165) is 4.90 Å². The van der Waals surface area contributed by atoms with E-state index in [4.69, 9.17) is 5.11 Å². The molecule has 1 rings (SSSR count). The number of hydrogen-bond donors (Lipinski definition) is 3. The van der Waals surface area contributed by atoms with Crippen LogP contribution in [0.25, 0.3) is 0 Å². The van der Waals surface area contributed by atoms with Crippen LogP contribution in [-0.2, 0) is 9.59 Å². The second kappa shape index (κ2) is 7.42. The fourth-order valence-corrected chi connectivity index (χ4v) is 1.65.